The van der Waals surface area contributed by atoms with Crippen LogP contribution in [0.2, 0.25) is 5.02 Å². The zero-order valence-electron chi connectivity index (χ0n) is 15.8. The molecular weight excluding hydrogens is 424 g/mol. The van der Waals surface area contributed by atoms with Crippen LogP contribution in [0.3, 0.4) is 0 Å². The first-order chi connectivity index (χ1) is 14.4. The Bertz CT molecular complexity index is 1290. The van der Waals surface area contributed by atoms with Gasteiger partial charge in [0.05, 0.1) is 16.6 Å². The number of nitrogens with one attached hydrogen (secondary N) is 1. The number of nitrogens with zero attached hydrogens (tertiary/aromatic N) is 1. The molecule has 1 aromatic heterocycles. The van der Waals surface area contributed by atoms with Crippen LogP contribution in [0, 0.1) is 0 Å². The molecule has 30 heavy (non-hydrogen) atoms. The molecule has 2 amide bonds. The van der Waals surface area contributed by atoms with E-state index in [1.807, 2.05) is 13.0 Å². The highest BCUT2D eigenvalue weighted by molar-refractivity contribution is 7.80. The number of hydrogen-bond donors (Lipinski definition) is 1. The van der Waals surface area contributed by atoms with Crippen molar-refractivity contribution in [2.24, 2.45) is 0 Å². The molecule has 0 spiro atoms. The SMILES string of the molecule is CCc1ccc2occ(C=C3C(=O)NC(=S)N(c4ccc(Cl)cc4)C3=O)c(=O)c2c1. The highest BCUT2D eigenvalue weighted by atomic mass is 35.5. The summed E-state index contributed by atoms with van der Waals surface area (Å²) in [5.74, 6) is -1.33. The molecule has 8 heteroatoms. The largest absolute Gasteiger partial charge is 0.463 e. The lowest BCUT2D eigenvalue weighted by Gasteiger charge is -2.28. The molecule has 0 bridgehead atoms. The molecule has 6 nitrogen and oxygen atoms in total. The number of amides is 2. The number of halogens is 1. The lowest BCUT2D eigenvalue weighted by Crippen LogP contribution is -2.54. The summed E-state index contributed by atoms with van der Waals surface area (Å²) in [5, 5.41) is 3.31. The molecule has 0 atom stereocenters. The first kappa shape index (κ1) is 20.0. The highest BCUT2D eigenvalue weighted by Crippen LogP contribution is 2.24. The van der Waals surface area contributed by atoms with E-state index in [1.54, 1.807) is 36.4 Å². The Kier molecular flexibility index (Phi) is 5.24. The molecule has 4 rings (SSSR count). The first-order valence-electron chi connectivity index (χ1n) is 9.10. The number of anilines is 1. The Labute approximate surface area is 181 Å². The van der Waals surface area contributed by atoms with Gasteiger partial charge < -0.3 is 4.42 Å². The van der Waals surface area contributed by atoms with Crippen molar-refractivity contribution in [3.05, 3.63) is 80.7 Å². The van der Waals surface area contributed by atoms with Crippen molar-refractivity contribution < 1.29 is 14.0 Å². The smallest absolute Gasteiger partial charge is 0.270 e. The summed E-state index contributed by atoms with van der Waals surface area (Å²) >= 11 is 11.1. The Morgan fingerprint density at radius 1 is 1.13 bits per heavy atom. The summed E-state index contributed by atoms with van der Waals surface area (Å²) in [6, 6.07) is 11.8. The Morgan fingerprint density at radius 2 is 1.87 bits per heavy atom. The predicted octanol–water partition coefficient (Wildman–Crippen LogP) is 3.84. The number of carbonyl (C=O) groups excluding carboxylic acids is 2. The van der Waals surface area contributed by atoms with Crippen molar-refractivity contribution in [1.82, 2.24) is 5.32 Å². The molecule has 1 N–H and O–H groups in total. The van der Waals surface area contributed by atoms with Gasteiger partial charge in [-0.05, 0) is 66.7 Å². The third-order valence-electron chi connectivity index (χ3n) is 4.76. The molecule has 0 aliphatic carbocycles. The number of rotatable bonds is 3. The molecule has 150 valence electrons. The van der Waals surface area contributed by atoms with Crippen LogP contribution in [0.15, 0.2) is 63.5 Å². The van der Waals surface area contributed by atoms with Gasteiger partial charge in [-0.25, -0.2) is 0 Å². The molecule has 0 unspecified atom stereocenters. The van der Waals surface area contributed by atoms with E-state index in [2.05, 4.69) is 5.32 Å². The zero-order chi connectivity index (χ0) is 21.4. The lowest BCUT2D eigenvalue weighted by molar-refractivity contribution is -0.122. The maximum Gasteiger partial charge on any atom is 0.270 e. The van der Waals surface area contributed by atoms with Gasteiger partial charge in [0.1, 0.15) is 17.4 Å². The van der Waals surface area contributed by atoms with Gasteiger partial charge in [-0.1, -0.05) is 24.6 Å². The molecule has 3 aromatic rings. The third kappa shape index (κ3) is 3.53. The van der Waals surface area contributed by atoms with E-state index in [1.165, 1.54) is 17.2 Å². The Balaban J connectivity index is 1.80. The van der Waals surface area contributed by atoms with E-state index in [0.717, 1.165) is 12.0 Å². The fourth-order valence-corrected chi connectivity index (χ4v) is 3.56. The molecule has 2 heterocycles. The topological polar surface area (TPSA) is 79.6 Å². The van der Waals surface area contributed by atoms with Crippen molar-refractivity contribution in [2.75, 3.05) is 4.90 Å². The van der Waals surface area contributed by atoms with E-state index in [-0.39, 0.29) is 21.7 Å². The number of thiocarbonyl (C=S) groups is 1. The van der Waals surface area contributed by atoms with Crippen LogP contribution in [0.25, 0.3) is 17.0 Å². The van der Waals surface area contributed by atoms with Crippen LogP contribution in [-0.4, -0.2) is 16.9 Å². The van der Waals surface area contributed by atoms with Crippen molar-refractivity contribution in [1.29, 1.82) is 0 Å². The van der Waals surface area contributed by atoms with E-state index >= 15 is 0 Å². The van der Waals surface area contributed by atoms with Gasteiger partial charge in [-0.15, -0.1) is 0 Å². The van der Waals surface area contributed by atoms with E-state index in [0.29, 0.717) is 21.7 Å². The van der Waals surface area contributed by atoms with Crippen molar-refractivity contribution in [2.45, 2.75) is 13.3 Å². The van der Waals surface area contributed by atoms with Gasteiger partial charge >= 0.3 is 0 Å². The van der Waals surface area contributed by atoms with Gasteiger partial charge in [0.15, 0.2) is 10.5 Å². The van der Waals surface area contributed by atoms with Gasteiger partial charge in [-0.3, -0.25) is 24.6 Å². The Morgan fingerprint density at radius 3 is 2.57 bits per heavy atom. The minimum Gasteiger partial charge on any atom is -0.463 e. The van der Waals surface area contributed by atoms with Crippen LogP contribution in [0.1, 0.15) is 18.1 Å². The van der Waals surface area contributed by atoms with Crippen LogP contribution in [0.5, 0.6) is 0 Å². The summed E-state index contributed by atoms with van der Waals surface area (Å²) in [6.45, 7) is 1.98. The second-order valence-electron chi connectivity index (χ2n) is 6.64. The normalized spacial score (nSPS) is 15.7. The van der Waals surface area contributed by atoms with Crippen LogP contribution in [0.4, 0.5) is 5.69 Å². The minimum absolute atomic E-state index is 0.0531. The molecule has 2 aromatic carbocycles. The molecule has 0 saturated carbocycles. The summed E-state index contributed by atoms with van der Waals surface area (Å²) in [4.78, 5) is 39.6. The summed E-state index contributed by atoms with van der Waals surface area (Å²) in [7, 11) is 0. The maximum absolute atomic E-state index is 13.1. The molecule has 1 fully saturated rings. The van der Waals surface area contributed by atoms with Crippen LogP contribution in [-0.2, 0) is 16.0 Å². The lowest BCUT2D eigenvalue weighted by atomic mass is 10.0. The van der Waals surface area contributed by atoms with Gasteiger partial charge in [-0.2, -0.15) is 0 Å². The van der Waals surface area contributed by atoms with Crippen molar-refractivity contribution in [3.63, 3.8) is 0 Å². The van der Waals surface area contributed by atoms with E-state index in [4.69, 9.17) is 28.2 Å². The van der Waals surface area contributed by atoms with Gasteiger partial charge in [0.25, 0.3) is 11.8 Å². The third-order valence-corrected chi connectivity index (χ3v) is 5.29. The summed E-state index contributed by atoms with van der Waals surface area (Å²) in [5.41, 5.74) is 1.40. The van der Waals surface area contributed by atoms with E-state index < -0.39 is 11.8 Å². The predicted molar refractivity (Wildman–Crippen MR) is 120 cm³/mol. The van der Waals surface area contributed by atoms with Crippen LogP contribution < -0.4 is 15.6 Å². The minimum atomic E-state index is -0.683. The van der Waals surface area contributed by atoms with E-state index in [9.17, 15) is 14.4 Å². The second kappa shape index (κ2) is 7.85. The molecule has 1 aliphatic rings. The fraction of sp³-hybridized carbons (Fsp3) is 0.0909. The van der Waals surface area contributed by atoms with Gasteiger partial charge in [0, 0.05) is 5.02 Å². The summed E-state index contributed by atoms with van der Waals surface area (Å²) < 4.78 is 5.54. The van der Waals surface area contributed by atoms with Gasteiger partial charge in [0.2, 0.25) is 0 Å². The molecule has 1 saturated heterocycles. The molecule has 1 aliphatic heterocycles. The number of aryl methyl sites for hydroxylation is 1. The number of carbonyl (C=O) groups is 2. The number of fused-ring (bicyclic) bond motifs is 1. The number of hydrogen-bond acceptors (Lipinski definition) is 5. The fourth-order valence-electron chi connectivity index (χ4n) is 3.15. The second-order valence-corrected chi connectivity index (χ2v) is 7.46. The molecular formula is C22H15ClN2O4S. The Hall–Kier alpha value is -3.29. The standard InChI is InChI=1S/C22H15ClN2O4S/c1-2-12-3-8-18-16(9-12)19(26)13(11-29-18)10-17-20(27)24-22(30)25(21(17)28)15-6-4-14(23)5-7-15/h3-11H,2H2,1H3,(H,24,27,30). The highest BCUT2D eigenvalue weighted by Gasteiger charge is 2.34. The first-order valence-corrected chi connectivity index (χ1v) is 9.89. The van der Waals surface area contributed by atoms with Crippen LogP contribution >= 0.6 is 23.8 Å². The zero-order valence-corrected chi connectivity index (χ0v) is 17.3. The summed E-state index contributed by atoms with van der Waals surface area (Å²) in [6.07, 6.45) is 3.23. The quantitative estimate of drug-likeness (QED) is 0.382. The van der Waals surface area contributed by atoms with Crippen molar-refractivity contribution in [3.8, 4) is 0 Å². The average Bonchev–Trinajstić information content (AvgIpc) is 2.73. The maximum atomic E-state index is 13.1. The number of benzene rings is 2. The average molecular weight is 439 g/mol. The molecule has 0 radical (unpaired) electrons. The monoisotopic (exact) mass is 438 g/mol. The van der Waals surface area contributed by atoms with Crippen molar-refractivity contribution >= 4 is 63.5 Å².